The summed E-state index contributed by atoms with van der Waals surface area (Å²) >= 11 is 3.50. The van der Waals surface area contributed by atoms with E-state index in [4.69, 9.17) is 5.73 Å². The third-order valence-corrected chi connectivity index (χ3v) is 2.87. The van der Waals surface area contributed by atoms with Crippen LogP contribution >= 0.6 is 15.9 Å². The molecule has 0 amide bonds. The lowest BCUT2D eigenvalue weighted by atomic mass is 10.2. The van der Waals surface area contributed by atoms with Crippen molar-refractivity contribution >= 4 is 21.6 Å². The van der Waals surface area contributed by atoms with E-state index in [0.29, 0.717) is 0 Å². The Bertz CT molecular complexity index is 266. The zero-order valence-corrected chi connectivity index (χ0v) is 9.63. The van der Waals surface area contributed by atoms with Crippen molar-refractivity contribution in [1.29, 1.82) is 0 Å². The molecular weight excluding hydrogens is 228 g/mol. The summed E-state index contributed by atoms with van der Waals surface area (Å²) in [5.74, 6) is 0. The Morgan fingerprint density at radius 1 is 1.46 bits per heavy atom. The van der Waals surface area contributed by atoms with Crippen LogP contribution in [-0.4, -0.2) is 18.5 Å². The monoisotopic (exact) mass is 242 g/mol. The van der Waals surface area contributed by atoms with Crippen LogP contribution in [-0.2, 0) is 6.54 Å². The molecule has 1 rings (SSSR count). The number of hydrogen-bond donors (Lipinski definition) is 1. The molecule has 1 aromatic carbocycles. The fourth-order valence-corrected chi connectivity index (χ4v) is 1.63. The third-order valence-electron chi connectivity index (χ3n) is 2.12. The molecule has 0 unspecified atom stereocenters. The molecule has 1 aromatic rings. The second-order valence-electron chi connectivity index (χ2n) is 3.14. The second kappa shape index (κ2) is 4.63. The van der Waals surface area contributed by atoms with E-state index in [2.05, 4.69) is 34.8 Å². The van der Waals surface area contributed by atoms with Crippen LogP contribution < -0.4 is 5.73 Å². The minimum atomic E-state index is 0.856. The van der Waals surface area contributed by atoms with E-state index in [1.807, 2.05) is 18.2 Å². The first-order valence-corrected chi connectivity index (χ1v) is 5.16. The molecule has 13 heavy (non-hydrogen) atoms. The molecule has 0 spiro atoms. The summed E-state index contributed by atoms with van der Waals surface area (Å²) < 4.78 is 1.09. The minimum absolute atomic E-state index is 0.856. The van der Waals surface area contributed by atoms with Crippen molar-refractivity contribution in [3.8, 4) is 0 Å². The van der Waals surface area contributed by atoms with Crippen LogP contribution in [0, 0.1) is 0 Å². The molecule has 2 N–H and O–H groups in total. The predicted molar refractivity (Wildman–Crippen MR) is 60.6 cm³/mol. The van der Waals surface area contributed by atoms with E-state index in [1.165, 1.54) is 5.56 Å². The average molecular weight is 243 g/mol. The van der Waals surface area contributed by atoms with Gasteiger partial charge in [-0.1, -0.05) is 28.9 Å². The van der Waals surface area contributed by atoms with Gasteiger partial charge in [-0.15, -0.1) is 0 Å². The fraction of sp³-hybridized carbons (Fsp3) is 0.400. The summed E-state index contributed by atoms with van der Waals surface area (Å²) in [5.41, 5.74) is 7.90. The molecule has 0 saturated carbocycles. The molecular formula is C10H15BrN2. The van der Waals surface area contributed by atoms with Gasteiger partial charge in [-0.3, -0.25) is 0 Å². The molecule has 0 fully saturated rings. The Labute approximate surface area is 87.9 Å². The van der Waals surface area contributed by atoms with Crippen molar-refractivity contribution in [3.05, 3.63) is 28.2 Å². The maximum Gasteiger partial charge on any atom is 0.0371 e. The number of nitrogen functional groups attached to an aromatic ring is 1. The number of halogens is 1. The molecule has 2 nitrogen and oxygen atoms in total. The second-order valence-corrected chi connectivity index (χ2v) is 3.99. The highest BCUT2D eigenvalue weighted by molar-refractivity contribution is 9.10. The van der Waals surface area contributed by atoms with Gasteiger partial charge in [0.2, 0.25) is 0 Å². The number of hydrogen-bond acceptors (Lipinski definition) is 2. The van der Waals surface area contributed by atoms with Crippen LogP contribution in [0.4, 0.5) is 5.69 Å². The Morgan fingerprint density at radius 3 is 2.69 bits per heavy atom. The lowest BCUT2D eigenvalue weighted by molar-refractivity contribution is 0.345. The molecule has 0 heterocycles. The van der Waals surface area contributed by atoms with Gasteiger partial charge in [0.05, 0.1) is 0 Å². The maximum atomic E-state index is 5.87. The van der Waals surface area contributed by atoms with Crippen molar-refractivity contribution in [1.82, 2.24) is 4.90 Å². The van der Waals surface area contributed by atoms with Gasteiger partial charge in [0.15, 0.2) is 0 Å². The minimum Gasteiger partial charge on any atom is -0.398 e. The molecule has 0 radical (unpaired) electrons. The fourth-order valence-electron chi connectivity index (χ4n) is 1.12. The predicted octanol–water partition coefficient (Wildman–Crippen LogP) is 2.48. The number of rotatable bonds is 3. The van der Waals surface area contributed by atoms with Crippen LogP contribution in [0.2, 0.25) is 0 Å². The van der Waals surface area contributed by atoms with Crippen molar-refractivity contribution in [3.63, 3.8) is 0 Å². The van der Waals surface area contributed by atoms with Gasteiger partial charge in [-0.2, -0.15) is 0 Å². The Morgan fingerprint density at radius 2 is 2.15 bits per heavy atom. The van der Waals surface area contributed by atoms with Gasteiger partial charge in [-0.05, 0) is 25.7 Å². The zero-order chi connectivity index (χ0) is 9.84. The Kier molecular flexibility index (Phi) is 3.75. The SMILES string of the molecule is CCN(C)Cc1c(N)cccc1Br. The van der Waals surface area contributed by atoms with Crippen LogP contribution in [0.25, 0.3) is 0 Å². The largest absolute Gasteiger partial charge is 0.398 e. The highest BCUT2D eigenvalue weighted by atomic mass is 79.9. The quantitative estimate of drug-likeness (QED) is 0.826. The summed E-state index contributed by atoms with van der Waals surface area (Å²) in [6, 6.07) is 5.91. The van der Waals surface area contributed by atoms with Crippen LogP contribution in [0.3, 0.4) is 0 Å². The first-order chi connectivity index (χ1) is 6.15. The summed E-state index contributed by atoms with van der Waals surface area (Å²) in [7, 11) is 2.08. The highest BCUT2D eigenvalue weighted by Crippen LogP contribution is 2.23. The Hall–Kier alpha value is -0.540. The van der Waals surface area contributed by atoms with E-state index in [9.17, 15) is 0 Å². The summed E-state index contributed by atoms with van der Waals surface area (Å²) in [6.45, 7) is 4.05. The smallest absolute Gasteiger partial charge is 0.0371 e. The molecule has 0 aliphatic carbocycles. The van der Waals surface area contributed by atoms with Crippen molar-refractivity contribution in [2.24, 2.45) is 0 Å². The molecule has 0 atom stereocenters. The normalized spacial score (nSPS) is 10.8. The van der Waals surface area contributed by atoms with E-state index in [1.54, 1.807) is 0 Å². The first kappa shape index (κ1) is 10.5. The molecule has 0 saturated heterocycles. The van der Waals surface area contributed by atoms with Gasteiger partial charge >= 0.3 is 0 Å². The summed E-state index contributed by atoms with van der Waals surface area (Å²) in [6.07, 6.45) is 0. The lowest BCUT2D eigenvalue weighted by Crippen LogP contribution is -2.17. The van der Waals surface area contributed by atoms with Crippen molar-refractivity contribution in [2.75, 3.05) is 19.3 Å². The third kappa shape index (κ3) is 2.71. The standard InChI is InChI=1S/C10H15BrN2/c1-3-13(2)7-8-9(11)5-4-6-10(8)12/h4-6H,3,7,12H2,1-2H3. The van der Waals surface area contributed by atoms with Gasteiger partial charge in [0.25, 0.3) is 0 Å². The lowest BCUT2D eigenvalue weighted by Gasteiger charge is -2.16. The molecule has 0 aliphatic heterocycles. The average Bonchev–Trinajstić information content (AvgIpc) is 2.11. The Balaban J connectivity index is 2.87. The van der Waals surface area contributed by atoms with Crippen molar-refractivity contribution in [2.45, 2.75) is 13.5 Å². The maximum absolute atomic E-state index is 5.87. The topological polar surface area (TPSA) is 29.3 Å². The molecule has 0 aromatic heterocycles. The first-order valence-electron chi connectivity index (χ1n) is 4.36. The number of benzene rings is 1. The van der Waals surface area contributed by atoms with Crippen LogP contribution in [0.5, 0.6) is 0 Å². The molecule has 72 valence electrons. The molecule has 3 heteroatoms. The van der Waals surface area contributed by atoms with Gasteiger partial charge in [-0.25, -0.2) is 0 Å². The van der Waals surface area contributed by atoms with Crippen LogP contribution in [0.15, 0.2) is 22.7 Å². The van der Waals surface area contributed by atoms with E-state index in [0.717, 1.165) is 23.2 Å². The van der Waals surface area contributed by atoms with E-state index < -0.39 is 0 Å². The van der Waals surface area contributed by atoms with Gasteiger partial charge in [0.1, 0.15) is 0 Å². The van der Waals surface area contributed by atoms with Crippen LogP contribution in [0.1, 0.15) is 12.5 Å². The zero-order valence-electron chi connectivity index (χ0n) is 8.05. The van der Waals surface area contributed by atoms with Gasteiger partial charge in [0, 0.05) is 22.3 Å². The van der Waals surface area contributed by atoms with E-state index >= 15 is 0 Å². The van der Waals surface area contributed by atoms with E-state index in [-0.39, 0.29) is 0 Å². The highest BCUT2D eigenvalue weighted by Gasteiger charge is 2.05. The van der Waals surface area contributed by atoms with Gasteiger partial charge < -0.3 is 10.6 Å². The molecule has 0 bridgehead atoms. The summed E-state index contributed by atoms with van der Waals surface area (Å²) in [4.78, 5) is 2.22. The summed E-state index contributed by atoms with van der Waals surface area (Å²) in [5, 5.41) is 0. The number of nitrogens with zero attached hydrogens (tertiary/aromatic N) is 1. The van der Waals surface area contributed by atoms with Crippen molar-refractivity contribution < 1.29 is 0 Å². The number of nitrogens with two attached hydrogens (primary N) is 1. The molecule has 0 aliphatic rings. The number of anilines is 1.